The van der Waals surface area contributed by atoms with Crippen LogP contribution in [0, 0.1) is 5.82 Å². The molecule has 1 aliphatic heterocycles. The molecule has 4 aromatic rings. The van der Waals surface area contributed by atoms with E-state index >= 15 is 0 Å². The number of fused-ring (bicyclic) bond motifs is 2. The first-order valence-corrected chi connectivity index (χ1v) is 10.3. The van der Waals surface area contributed by atoms with E-state index < -0.39 is 0 Å². The fraction of sp³-hybridized carbons (Fsp3) is 0.318. The van der Waals surface area contributed by atoms with Crippen LogP contribution in [0.1, 0.15) is 5.69 Å². The van der Waals surface area contributed by atoms with Crippen LogP contribution in [-0.2, 0) is 13.1 Å². The molecule has 0 spiro atoms. The van der Waals surface area contributed by atoms with Gasteiger partial charge in [-0.3, -0.25) is 14.3 Å². The van der Waals surface area contributed by atoms with Crippen molar-refractivity contribution in [3.05, 3.63) is 70.9 Å². The number of anilines is 1. The number of pyridine rings is 1. The minimum atomic E-state index is -0.276. The molecule has 0 radical (unpaired) electrons. The van der Waals surface area contributed by atoms with Gasteiger partial charge in [0.25, 0.3) is 5.56 Å². The van der Waals surface area contributed by atoms with Gasteiger partial charge in [-0.2, -0.15) is 0 Å². The molecule has 4 heterocycles. The Balaban J connectivity index is 1.26. The van der Waals surface area contributed by atoms with Crippen LogP contribution in [0.25, 0.3) is 16.6 Å². The summed E-state index contributed by atoms with van der Waals surface area (Å²) in [5.74, 6) is -0.276. The number of imidazole rings is 1. The molecule has 0 saturated carbocycles. The van der Waals surface area contributed by atoms with Gasteiger partial charge in [-0.05, 0) is 30.3 Å². The van der Waals surface area contributed by atoms with Gasteiger partial charge in [-0.1, -0.05) is 0 Å². The first-order chi connectivity index (χ1) is 15.1. The monoisotopic (exact) mass is 422 g/mol. The molecule has 0 amide bonds. The number of benzene rings is 1. The standard InChI is InChI=1S/C22H23FN6O2/c23-16-1-4-21-25-17(14-29(21)12-16)13-26-5-7-27(8-6-26)18-2-3-19-20(11-18)24-15-28(9-10-30)22(19)31/h1-4,11-12,14-15,30H,5-10,13H2. The van der Waals surface area contributed by atoms with E-state index in [1.165, 1.54) is 23.2 Å². The lowest BCUT2D eigenvalue weighted by molar-refractivity contribution is 0.247. The van der Waals surface area contributed by atoms with Crippen LogP contribution in [0.3, 0.4) is 0 Å². The van der Waals surface area contributed by atoms with Crippen molar-refractivity contribution in [3.8, 4) is 0 Å². The summed E-state index contributed by atoms with van der Waals surface area (Å²) in [5.41, 5.74) is 3.24. The van der Waals surface area contributed by atoms with E-state index in [2.05, 4.69) is 19.8 Å². The Hall–Kier alpha value is -3.30. The predicted molar refractivity (Wildman–Crippen MR) is 116 cm³/mol. The Kier molecular flexibility index (Phi) is 5.13. The first-order valence-electron chi connectivity index (χ1n) is 10.3. The minimum Gasteiger partial charge on any atom is -0.395 e. The normalized spacial score (nSPS) is 15.2. The number of hydrogen-bond donors (Lipinski definition) is 1. The summed E-state index contributed by atoms with van der Waals surface area (Å²) >= 11 is 0. The Morgan fingerprint density at radius 1 is 1.06 bits per heavy atom. The molecule has 31 heavy (non-hydrogen) atoms. The van der Waals surface area contributed by atoms with Gasteiger partial charge in [0, 0.05) is 50.8 Å². The highest BCUT2D eigenvalue weighted by Crippen LogP contribution is 2.21. The second-order valence-corrected chi connectivity index (χ2v) is 7.78. The van der Waals surface area contributed by atoms with Crippen LogP contribution in [-0.4, -0.2) is 61.7 Å². The number of aliphatic hydroxyl groups is 1. The van der Waals surface area contributed by atoms with Crippen molar-refractivity contribution in [1.29, 1.82) is 0 Å². The van der Waals surface area contributed by atoms with Crippen molar-refractivity contribution in [3.63, 3.8) is 0 Å². The van der Waals surface area contributed by atoms with E-state index in [0.717, 1.165) is 49.8 Å². The van der Waals surface area contributed by atoms with Crippen molar-refractivity contribution in [1.82, 2.24) is 23.8 Å². The van der Waals surface area contributed by atoms with Crippen LogP contribution in [0.4, 0.5) is 10.1 Å². The summed E-state index contributed by atoms with van der Waals surface area (Å²) in [6, 6.07) is 8.83. The topological polar surface area (TPSA) is 78.9 Å². The molecule has 0 atom stereocenters. The largest absolute Gasteiger partial charge is 0.395 e. The molecule has 1 saturated heterocycles. The number of nitrogens with zero attached hydrogens (tertiary/aromatic N) is 6. The maximum atomic E-state index is 13.4. The third-order valence-electron chi connectivity index (χ3n) is 5.74. The van der Waals surface area contributed by atoms with Crippen molar-refractivity contribution in [2.75, 3.05) is 37.7 Å². The number of aliphatic hydroxyl groups excluding tert-OH is 1. The third kappa shape index (κ3) is 3.89. The first kappa shape index (κ1) is 19.7. The maximum absolute atomic E-state index is 13.4. The average Bonchev–Trinajstić information content (AvgIpc) is 3.17. The lowest BCUT2D eigenvalue weighted by atomic mass is 10.2. The summed E-state index contributed by atoms with van der Waals surface area (Å²) in [6.45, 7) is 4.34. The smallest absolute Gasteiger partial charge is 0.261 e. The van der Waals surface area contributed by atoms with Crippen LogP contribution in [0.2, 0.25) is 0 Å². The number of halogens is 1. The SMILES string of the molecule is O=c1c2ccc(N3CCN(Cc4cn5cc(F)ccc5n4)CC3)cc2ncn1CCO. The molecular weight excluding hydrogens is 399 g/mol. The van der Waals surface area contributed by atoms with Crippen LogP contribution < -0.4 is 10.5 Å². The molecule has 1 N–H and O–H groups in total. The number of hydrogen-bond acceptors (Lipinski definition) is 6. The Morgan fingerprint density at radius 2 is 1.90 bits per heavy atom. The molecule has 1 aliphatic rings. The zero-order valence-electron chi connectivity index (χ0n) is 17.0. The molecule has 0 aliphatic carbocycles. The summed E-state index contributed by atoms with van der Waals surface area (Å²) in [4.78, 5) is 26.1. The van der Waals surface area contributed by atoms with E-state index in [0.29, 0.717) is 10.9 Å². The van der Waals surface area contributed by atoms with E-state index in [9.17, 15) is 9.18 Å². The molecule has 9 heteroatoms. The van der Waals surface area contributed by atoms with Crippen molar-refractivity contribution in [2.45, 2.75) is 13.1 Å². The lowest BCUT2D eigenvalue weighted by Gasteiger charge is -2.35. The van der Waals surface area contributed by atoms with E-state index in [1.807, 2.05) is 24.4 Å². The van der Waals surface area contributed by atoms with Crippen molar-refractivity contribution >= 4 is 22.2 Å². The molecule has 5 rings (SSSR count). The highest BCUT2D eigenvalue weighted by molar-refractivity contribution is 5.81. The van der Waals surface area contributed by atoms with Gasteiger partial charge < -0.3 is 14.4 Å². The molecule has 0 bridgehead atoms. The van der Waals surface area contributed by atoms with Gasteiger partial charge in [0.2, 0.25) is 0 Å². The third-order valence-corrected chi connectivity index (χ3v) is 5.74. The molecule has 1 fully saturated rings. The van der Waals surface area contributed by atoms with Gasteiger partial charge in [0.05, 0.1) is 36.1 Å². The van der Waals surface area contributed by atoms with Gasteiger partial charge in [0.15, 0.2) is 0 Å². The quantitative estimate of drug-likeness (QED) is 0.525. The van der Waals surface area contributed by atoms with Gasteiger partial charge in [0.1, 0.15) is 11.5 Å². The predicted octanol–water partition coefficient (Wildman–Crippen LogP) is 1.50. The van der Waals surface area contributed by atoms with Crippen molar-refractivity contribution in [2.24, 2.45) is 0 Å². The molecule has 160 valence electrons. The summed E-state index contributed by atoms with van der Waals surface area (Å²) in [5, 5.41) is 9.63. The second-order valence-electron chi connectivity index (χ2n) is 7.78. The van der Waals surface area contributed by atoms with E-state index in [-0.39, 0.29) is 24.5 Å². The molecule has 0 unspecified atom stereocenters. The van der Waals surface area contributed by atoms with Gasteiger partial charge in [-0.15, -0.1) is 0 Å². The summed E-state index contributed by atoms with van der Waals surface area (Å²) < 4.78 is 16.5. The van der Waals surface area contributed by atoms with Crippen molar-refractivity contribution < 1.29 is 9.50 Å². The van der Waals surface area contributed by atoms with E-state index in [4.69, 9.17) is 5.11 Å². The number of piperazine rings is 1. The number of aromatic nitrogens is 4. The van der Waals surface area contributed by atoms with E-state index in [1.54, 1.807) is 10.5 Å². The highest BCUT2D eigenvalue weighted by atomic mass is 19.1. The second kappa shape index (κ2) is 8.09. The van der Waals surface area contributed by atoms with Crippen LogP contribution in [0.5, 0.6) is 0 Å². The van der Waals surface area contributed by atoms with Gasteiger partial charge in [-0.25, -0.2) is 14.4 Å². The minimum absolute atomic E-state index is 0.0959. The van der Waals surface area contributed by atoms with Crippen LogP contribution >= 0.6 is 0 Å². The fourth-order valence-electron chi connectivity index (χ4n) is 4.10. The maximum Gasteiger partial charge on any atom is 0.261 e. The highest BCUT2D eigenvalue weighted by Gasteiger charge is 2.19. The fourth-order valence-corrected chi connectivity index (χ4v) is 4.10. The molecule has 8 nitrogen and oxygen atoms in total. The summed E-state index contributed by atoms with van der Waals surface area (Å²) in [7, 11) is 0. The van der Waals surface area contributed by atoms with Gasteiger partial charge >= 0.3 is 0 Å². The number of rotatable bonds is 5. The Bertz CT molecular complexity index is 1290. The Morgan fingerprint density at radius 3 is 2.71 bits per heavy atom. The zero-order valence-corrected chi connectivity index (χ0v) is 17.0. The Labute approximate surface area is 177 Å². The average molecular weight is 422 g/mol. The molecule has 3 aromatic heterocycles. The molecule has 1 aromatic carbocycles. The zero-order chi connectivity index (χ0) is 21.4. The molecular formula is C22H23FN6O2. The van der Waals surface area contributed by atoms with Crippen LogP contribution in [0.15, 0.2) is 53.8 Å². The summed E-state index contributed by atoms with van der Waals surface area (Å²) in [6.07, 6.45) is 4.81. The lowest BCUT2D eigenvalue weighted by Crippen LogP contribution is -2.46.